The summed E-state index contributed by atoms with van der Waals surface area (Å²) in [5.41, 5.74) is 3.87. The first kappa shape index (κ1) is 18.7. The van der Waals surface area contributed by atoms with Crippen LogP contribution >= 0.6 is 0 Å². The minimum absolute atomic E-state index is 0.0669. The van der Waals surface area contributed by atoms with Crippen molar-refractivity contribution in [2.24, 2.45) is 0 Å². The number of carbonyl (C=O) groups excluding carboxylic acids is 1. The second-order valence-corrected chi connectivity index (χ2v) is 7.22. The lowest BCUT2D eigenvalue weighted by Crippen LogP contribution is -2.23. The van der Waals surface area contributed by atoms with Crippen molar-refractivity contribution in [1.82, 2.24) is 5.32 Å². The van der Waals surface area contributed by atoms with Crippen molar-refractivity contribution in [2.75, 3.05) is 0 Å². The number of carboxylic acid groups (broad SMARTS) is 1. The lowest BCUT2D eigenvalue weighted by Gasteiger charge is -2.19. The zero-order valence-electron chi connectivity index (χ0n) is 15.0. The number of hydrogen-bond acceptors (Lipinski definition) is 2. The number of nitrogens with one attached hydrogen (secondary N) is 1. The molecule has 0 heterocycles. The molecule has 0 aliphatic rings. The molecule has 4 nitrogen and oxygen atoms in total. The Morgan fingerprint density at radius 1 is 0.920 bits per heavy atom. The van der Waals surface area contributed by atoms with E-state index in [1.165, 1.54) is 5.56 Å². The Morgan fingerprint density at radius 2 is 1.48 bits per heavy atom. The average Bonchev–Trinajstić information content (AvgIpc) is 2.58. The first-order valence-corrected chi connectivity index (χ1v) is 8.44. The SMILES string of the molecule is CC(C)(C)c1ccc(C(=O)NCc2ccc(CCC(=O)O)cc2)cc1. The van der Waals surface area contributed by atoms with Crippen LogP contribution in [0.15, 0.2) is 48.5 Å². The molecule has 2 aromatic rings. The molecule has 132 valence electrons. The highest BCUT2D eigenvalue weighted by Gasteiger charge is 2.14. The lowest BCUT2D eigenvalue weighted by molar-refractivity contribution is -0.136. The van der Waals surface area contributed by atoms with Crippen LogP contribution in [0.2, 0.25) is 0 Å². The molecule has 2 aromatic carbocycles. The molecule has 0 aliphatic heterocycles. The smallest absolute Gasteiger partial charge is 0.303 e. The van der Waals surface area contributed by atoms with E-state index in [9.17, 15) is 9.59 Å². The fourth-order valence-electron chi connectivity index (χ4n) is 2.48. The Kier molecular flexibility index (Phi) is 5.97. The van der Waals surface area contributed by atoms with Crippen molar-refractivity contribution in [3.63, 3.8) is 0 Å². The largest absolute Gasteiger partial charge is 0.481 e. The zero-order chi connectivity index (χ0) is 18.4. The van der Waals surface area contributed by atoms with Gasteiger partial charge in [-0.25, -0.2) is 0 Å². The van der Waals surface area contributed by atoms with Gasteiger partial charge >= 0.3 is 5.97 Å². The number of amides is 1. The van der Waals surface area contributed by atoms with E-state index in [4.69, 9.17) is 5.11 Å². The van der Waals surface area contributed by atoms with Crippen LogP contribution in [0.25, 0.3) is 0 Å². The van der Waals surface area contributed by atoms with Crippen molar-refractivity contribution in [3.05, 3.63) is 70.8 Å². The Labute approximate surface area is 148 Å². The van der Waals surface area contributed by atoms with Gasteiger partial charge in [0.2, 0.25) is 0 Å². The van der Waals surface area contributed by atoms with E-state index in [2.05, 4.69) is 26.1 Å². The summed E-state index contributed by atoms with van der Waals surface area (Å²) >= 11 is 0. The maximum atomic E-state index is 12.2. The number of carbonyl (C=O) groups is 2. The minimum Gasteiger partial charge on any atom is -0.481 e. The number of aliphatic carboxylic acids is 1. The van der Waals surface area contributed by atoms with Gasteiger partial charge in [-0.05, 0) is 40.7 Å². The molecule has 1 amide bonds. The maximum Gasteiger partial charge on any atom is 0.303 e. The predicted molar refractivity (Wildman–Crippen MR) is 98.7 cm³/mol. The fourth-order valence-corrected chi connectivity index (χ4v) is 2.48. The van der Waals surface area contributed by atoms with Crippen LogP contribution in [-0.4, -0.2) is 17.0 Å². The standard InChI is InChI=1S/C21H25NO3/c1-21(2,3)18-11-9-17(10-12-18)20(25)22-14-16-6-4-15(5-7-16)8-13-19(23)24/h4-7,9-12H,8,13-14H2,1-3H3,(H,22,25)(H,23,24). The molecular formula is C21H25NO3. The summed E-state index contributed by atoms with van der Waals surface area (Å²) in [6.07, 6.45) is 0.642. The topological polar surface area (TPSA) is 66.4 Å². The Bertz CT molecular complexity index is 725. The molecule has 0 radical (unpaired) electrons. The van der Waals surface area contributed by atoms with E-state index in [-0.39, 0.29) is 17.7 Å². The van der Waals surface area contributed by atoms with Gasteiger partial charge in [-0.1, -0.05) is 57.2 Å². The Hall–Kier alpha value is -2.62. The van der Waals surface area contributed by atoms with Gasteiger partial charge in [0.1, 0.15) is 0 Å². The molecule has 0 aromatic heterocycles. The number of benzene rings is 2. The molecule has 0 saturated carbocycles. The van der Waals surface area contributed by atoms with Crippen molar-refractivity contribution < 1.29 is 14.7 Å². The van der Waals surface area contributed by atoms with Gasteiger partial charge in [-0.3, -0.25) is 9.59 Å². The molecule has 0 aliphatic carbocycles. The molecule has 0 unspecified atom stereocenters. The molecule has 0 atom stereocenters. The summed E-state index contributed by atoms with van der Waals surface area (Å²) < 4.78 is 0. The third-order valence-corrected chi connectivity index (χ3v) is 4.12. The van der Waals surface area contributed by atoms with Gasteiger partial charge in [0.05, 0.1) is 0 Å². The summed E-state index contributed by atoms with van der Waals surface area (Å²) in [5.74, 6) is -0.899. The highest BCUT2D eigenvalue weighted by atomic mass is 16.4. The summed E-state index contributed by atoms with van der Waals surface area (Å²) in [5, 5.41) is 11.6. The summed E-state index contributed by atoms with van der Waals surface area (Å²) in [7, 11) is 0. The van der Waals surface area contributed by atoms with Crippen LogP contribution < -0.4 is 5.32 Å². The Morgan fingerprint density at radius 3 is 2.00 bits per heavy atom. The third kappa shape index (κ3) is 5.75. The van der Waals surface area contributed by atoms with E-state index in [1.807, 2.05) is 48.5 Å². The van der Waals surface area contributed by atoms with Gasteiger partial charge in [0.15, 0.2) is 0 Å². The van der Waals surface area contributed by atoms with E-state index < -0.39 is 5.97 Å². The van der Waals surface area contributed by atoms with Gasteiger partial charge in [0, 0.05) is 18.5 Å². The quantitative estimate of drug-likeness (QED) is 0.838. The summed E-state index contributed by atoms with van der Waals surface area (Å²) in [6, 6.07) is 15.3. The number of hydrogen-bond donors (Lipinski definition) is 2. The second kappa shape index (κ2) is 7.97. The van der Waals surface area contributed by atoms with Gasteiger partial charge < -0.3 is 10.4 Å². The average molecular weight is 339 g/mol. The van der Waals surface area contributed by atoms with Crippen LogP contribution in [0, 0.1) is 0 Å². The molecule has 0 spiro atoms. The van der Waals surface area contributed by atoms with E-state index in [0.717, 1.165) is 11.1 Å². The molecule has 25 heavy (non-hydrogen) atoms. The third-order valence-electron chi connectivity index (χ3n) is 4.12. The van der Waals surface area contributed by atoms with Crippen molar-refractivity contribution >= 4 is 11.9 Å². The predicted octanol–water partition coefficient (Wildman–Crippen LogP) is 3.93. The maximum absolute atomic E-state index is 12.2. The van der Waals surface area contributed by atoms with Crippen LogP contribution in [0.3, 0.4) is 0 Å². The first-order valence-electron chi connectivity index (χ1n) is 8.44. The van der Waals surface area contributed by atoms with E-state index >= 15 is 0 Å². The van der Waals surface area contributed by atoms with Gasteiger partial charge in [-0.15, -0.1) is 0 Å². The van der Waals surface area contributed by atoms with Gasteiger partial charge in [0.25, 0.3) is 5.91 Å². The molecule has 0 saturated heterocycles. The van der Waals surface area contributed by atoms with E-state index in [1.54, 1.807) is 0 Å². The van der Waals surface area contributed by atoms with Crippen molar-refractivity contribution in [2.45, 2.75) is 45.6 Å². The fraction of sp³-hybridized carbons (Fsp3) is 0.333. The van der Waals surface area contributed by atoms with Crippen LogP contribution in [0.4, 0.5) is 0 Å². The summed E-state index contributed by atoms with van der Waals surface area (Å²) in [4.78, 5) is 22.8. The lowest BCUT2D eigenvalue weighted by atomic mass is 9.87. The molecule has 0 fully saturated rings. The van der Waals surface area contributed by atoms with Crippen LogP contribution in [-0.2, 0) is 23.2 Å². The zero-order valence-corrected chi connectivity index (χ0v) is 15.0. The van der Waals surface area contributed by atoms with Crippen molar-refractivity contribution in [1.29, 1.82) is 0 Å². The minimum atomic E-state index is -0.797. The molecule has 0 bridgehead atoms. The monoisotopic (exact) mass is 339 g/mol. The van der Waals surface area contributed by atoms with Crippen molar-refractivity contribution in [3.8, 4) is 0 Å². The van der Waals surface area contributed by atoms with Crippen LogP contribution in [0.1, 0.15) is 54.2 Å². The molecule has 4 heteroatoms. The number of aryl methyl sites for hydroxylation is 1. The van der Waals surface area contributed by atoms with E-state index in [0.29, 0.717) is 18.5 Å². The normalized spacial score (nSPS) is 11.2. The van der Waals surface area contributed by atoms with Crippen LogP contribution in [0.5, 0.6) is 0 Å². The van der Waals surface area contributed by atoms with Gasteiger partial charge in [-0.2, -0.15) is 0 Å². The Balaban J connectivity index is 1.90. The highest BCUT2D eigenvalue weighted by Crippen LogP contribution is 2.22. The molecule has 2 rings (SSSR count). The molecule has 2 N–H and O–H groups in total. The number of rotatable bonds is 6. The summed E-state index contributed by atoms with van der Waals surface area (Å²) in [6.45, 7) is 6.87. The second-order valence-electron chi connectivity index (χ2n) is 7.22. The highest BCUT2D eigenvalue weighted by molar-refractivity contribution is 5.94. The first-order chi connectivity index (χ1) is 11.8. The molecular weight excluding hydrogens is 314 g/mol. The number of carboxylic acids is 1.